The van der Waals surface area contributed by atoms with Crippen molar-refractivity contribution in [3.63, 3.8) is 0 Å². The van der Waals surface area contributed by atoms with Gasteiger partial charge in [-0.25, -0.2) is 0 Å². The zero-order valence-corrected chi connectivity index (χ0v) is 12.8. The van der Waals surface area contributed by atoms with E-state index in [2.05, 4.69) is 62.4 Å². The first-order valence-electron chi connectivity index (χ1n) is 7.28. The normalized spacial score (nSPS) is 12.7. The maximum absolute atomic E-state index is 5.62. The molecule has 0 aromatic heterocycles. The fraction of sp³-hybridized carbons (Fsp3) is 0.625. The lowest BCUT2D eigenvalue weighted by Gasteiger charge is -2.21. The molecule has 0 aliphatic rings. The van der Waals surface area contributed by atoms with E-state index in [1.165, 1.54) is 5.56 Å². The van der Waals surface area contributed by atoms with Gasteiger partial charge in [-0.2, -0.15) is 0 Å². The number of nitrogens with one attached hydrogen (secondary N) is 1. The summed E-state index contributed by atoms with van der Waals surface area (Å²) in [7, 11) is 4.23. The van der Waals surface area contributed by atoms with Crippen LogP contribution in [0.25, 0.3) is 0 Å². The van der Waals surface area contributed by atoms with Crippen LogP contribution in [0.1, 0.15) is 38.3 Å². The van der Waals surface area contributed by atoms with E-state index >= 15 is 0 Å². The SMILES string of the molecule is CCCOc1ccc(C(CCN(C)C)NCC)cc1. The van der Waals surface area contributed by atoms with Gasteiger partial charge in [0, 0.05) is 6.04 Å². The van der Waals surface area contributed by atoms with Gasteiger partial charge in [0.25, 0.3) is 0 Å². The Morgan fingerprint density at radius 1 is 1.16 bits per heavy atom. The number of hydrogen-bond donors (Lipinski definition) is 1. The number of ether oxygens (including phenoxy) is 1. The fourth-order valence-corrected chi connectivity index (χ4v) is 2.04. The third-order valence-electron chi connectivity index (χ3n) is 3.07. The molecule has 0 saturated heterocycles. The molecule has 0 saturated carbocycles. The average Bonchev–Trinajstić information content (AvgIpc) is 2.41. The molecule has 1 N–H and O–H groups in total. The average molecular weight is 264 g/mol. The van der Waals surface area contributed by atoms with E-state index < -0.39 is 0 Å². The third-order valence-corrected chi connectivity index (χ3v) is 3.07. The Labute approximate surface area is 118 Å². The van der Waals surface area contributed by atoms with Crippen LogP contribution in [0.4, 0.5) is 0 Å². The monoisotopic (exact) mass is 264 g/mol. The summed E-state index contributed by atoms with van der Waals surface area (Å²) in [4.78, 5) is 2.23. The first-order valence-corrected chi connectivity index (χ1v) is 7.28. The molecular weight excluding hydrogens is 236 g/mol. The van der Waals surface area contributed by atoms with Crippen LogP contribution in [0, 0.1) is 0 Å². The second kappa shape index (κ2) is 8.94. The highest BCUT2D eigenvalue weighted by Crippen LogP contribution is 2.20. The summed E-state index contributed by atoms with van der Waals surface area (Å²) in [5.74, 6) is 0.966. The lowest BCUT2D eigenvalue weighted by Crippen LogP contribution is -2.25. The van der Waals surface area contributed by atoms with Gasteiger partial charge in [-0.05, 0) is 57.7 Å². The minimum atomic E-state index is 0.424. The van der Waals surface area contributed by atoms with Crippen LogP contribution in [0.2, 0.25) is 0 Å². The largest absolute Gasteiger partial charge is 0.494 e. The molecule has 1 rings (SSSR count). The van der Waals surface area contributed by atoms with Crippen molar-refractivity contribution in [2.45, 2.75) is 32.7 Å². The summed E-state index contributed by atoms with van der Waals surface area (Å²) in [5, 5.41) is 3.55. The molecule has 3 heteroatoms. The minimum absolute atomic E-state index is 0.424. The Morgan fingerprint density at radius 2 is 1.84 bits per heavy atom. The highest BCUT2D eigenvalue weighted by molar-refractivity contribution is 5.29. The molecule has 1 aromatic rings. The molecule has 1 aromatic carbocycles. The van der Waals surface area contributed by atoms with Crippen molar-refractivity contribution in [1.29, 1.82) is 0 Å². The summed E-state index contributed by atoms with van der Waals surface area (Å²) in [6, 6.07) is 8.92. The maximum Gasteiger partial charge on any atom is 0.119 e. The molecule has 0 fully saturated rings. The third kappa shape index (κ3) is 6.08. The Bertz CT molecular complexity index is 335. The maximum atomic E-state index is 5.62. The fourth-order valence-electron chi connectivity index (χ4n) is 2.04. The number of nitrogens with zero attached hydrogens (tertiary/aromatic N) is 1. The Balaban J connectivity index is 2.62. The highest BCUT2D eigenvalue weighted by atomic mass is 16.5. The molecule has 108 valence electrons. The highest BCUT2D eigenvalue weighted by Gasteiger charge is 2.10. The molecule has 1 atom stereocenters. The molecule has 0 heterocycles. The summed E-state index contributed by atoms with van der Waals surface area (Å²) < 4.78 is 5.62. The first-order chi connectivity index (χ1) is 9.17. The molecule has 19 heavy (non-hydrogen) atoms. The van der Waals surface area contributed by atoms with E-state index in [0.29, 0.717) is 6.04 Å². The van der Waals surface area contributed by atoms with Gasteiger partial charge < -0.3 is 15.0 Å². The van der Waals surface area contributed by atoms with Crippen molar-refractivity contribution in [3.8, 4) is 5.75 Å². The van der Waals surface area contributed by atoms with Crippen LogP contribution in [-0.4, -0.2) is 38.7 Å². The van der Waals surface area contributed by atoms with E-state index in [1.54, 1.807) is 0 Å². The molecule has 1 unspecified atom stereocenters. The zero-order valence-electron chi connectivity index (χ0n) is 12.8. The van der Waals surface area contributed by atoms with Gasteiger partial charge in [-0.15, -0.1) is 0 Å². The van der Waals surface area contributed by atoms with Gasteiger partial charge in [0.05, 0.1) is 6.61 Å². The van der Waals surface area contributed by atoms with Crippen LogP contribution in [0.3, 0.4) is 0 Å². The van der Waals surface area contributed by atoms with Crippen LogP contribution in [0.15, 0.2) is 24.3 Å². The summed E-state index contributed by atoms with van der Waals surface area (Å²) in [6.07, 6.45) is 2.17. The summed E-state index contributed by atoms with van der Waals surface area (Å²) >= 11 is 0. The molecule has 0 radical (unpaired) electrons. The predicted octanol–water partition coefficient (Wildman–Crippen LogP) is 3.08. The van der Waals surface area contributed by atoms with E-state index in [-0.39, 0.29) is 0 Å². The smallest absolute Gasteiger partial charge is 0.119 e. The Morgan fingerprint density at radius 3 is 2.37 bits per heavy atom. The molecular formula is C16H28N2O. The predicted molar refractivity (Wildman–Crippen MR) is 81.8 cm³/mol. The quantitative estimate of drug-likeness (QED) is 0.742. The molecule has 3 nitrogen and oxygen atoms in total. The standard InChI is InChI=1S/C16H28N2O/c1-5-13-19-15-9-7-14(8-10-15)16(17-6-2)11-12-18(3)4/h7-10,16-17H,5-6,11-13H2,1-4H3. The van der Waals surface area contributed by atoms with Crippen molar-refractivity contribution >= 4 is 0 Å². The van der Waals surface area contributed by atoms with Crippen molar-refractivity contribution in [3.05, 3.63) is 29.8 Å². The van der Waals surface area contributed by atoms with Crippen LogP contribution in [-0.2, 0) is 0 Å². The van der Waals surface area contributed by atoms with Gasteiger partial charge in [0.15, 0.2) is 0 Å². The molecule has 0 bridgehead atoms. The van der Waals surface area contributed by atoms with Crippen molar-refractivity contribution in [2.24, 2.45) is 0 Å². The van der Waals surface area contributed by atoms with Gasteiger partial charge in [-0.3, -0.25) is 0 Å². The van der Waals surface area contributed by atoms with Crippen LogP contribution < -0.4 is 10.1 Å². The first kappa shape index (κ1) is 16.0. The van der Waals surface area contributed by atoms with E-state index in [9.17, 15) is 0 Å². The van der Waals surface area contributed by atoms with Crippen LogP contribution >= 0.6 is 0 Å². The van der Waals surface area contributed by atoms with Crippen LogP contribution in [0.5, 0.6) is 5.75 Å². The van der Waals surface area contributed by atoms with E-state index in [0.717, 1.165) is 38.3 Å². The number of hydrogen-bond acceptors (Lipinski definition) is 3. The number of benzene rings is 1. The van der Waals surface area contributed by atoms with E-state index in [4.69, 9.17) is 4.74 Å². The van der Waals surface area contributed by atoms with Gasteiger partial charge in [0.2, 0.25) is 0 Å². The van der Waals surface area contributed by atoms with Crippen molar-refractivity contribution in [2.75, 3.05) is 33.8 Å². The Hall–Kier alpha value is -1.06. The molecule has 0 amide bonds. The zero-order chi connectivity index (χ0) is 14.1. The number of rotatable bonds is 9. The second-order valence-corrected chi connectivity index (χ2v) is 5.12. The molecule has 0 aliphatic carbocycles. The Kier molecular flexibility index (Phi) is 7.53. The van der Waals surface area contributed by atoms with Gasteiger partial charge in [-0.1, -0.05) is 26.0 Å². The van der Waals surface area contributed by atoms with Gasteiger partial charge in [0.1, 0.15) is 5.75 Å². The second-order valence-electron chi connectivity index (χ2n) is 5.12. The lowest BCUT2D eigenvalue weighted by molar-refractivity contribution is 0.317. The minimum Gasteiger partial charge on any atom is -0.494 e. The van der Waals surface area contributed by atoms with E-state index in [1.807, 2.05) is 0 Å². The van der Waals surface area contributed by atoms with Gasteiger partial charge >= 0.3 is 0 Å². The molecule has 0 aliphatic heterocycles. The van der Waals surface area contributed by atoms with Crippen molar-refractivity contribution in [1.82, 2.24) is 10.2 Å². The van der Waals surface area contributed by atoms with Crippen molar-refractivity contribution < 1.29 is 4.74 Å². The summed E-state index contributed by atoms with van der Waals surface area (Å²) in [5.41, 5.74) is 1.34. The molecule has 0 spiro atoms. The summed E-state index contributed by atoms with van der Waals surface area (Å²) in [6.45, 7) is 7.15. The topological polar surface area (TPSA) is 24.5 Å². The lowest BCUT2D eigenvalue weighted by atomic mass is 10.0.